The summed E-state index contributed by atoms with van der Waals surface area (Å²) in [5.41, 5.74) is 18.2. The largest absolute Gasteiger partial charge is 0.293 e. The van der Waals surface area contributed by atoms with Gasteiger partial charge in [0.05, 0.1) is 22.4 Å². The Morgan fingerprint density at radius 2 is 0.873 bits per heavy atom. The van der Waals surface area contributed by atoms with Crippen LogP contribution in [0.1, 0.15) is 49.7 Å². The van der Waals surface area contributed by atoms with Gasteiger partial charge in [-0.2, -0.15) is 0 Å². The molecule has 55 heavy (non-hydrogen) atoms. The smallest absolute Gasteiger partial charge is 0.263 e. The predicted molar refractivity (Wildman–Crippen MR) is 221 cm³/mol. The van der Waals surface area contributed by atoms with Crippen molar-refractivity contribution in [2.45, 2.75) is 11.3 Å². The fourth-order valence-corrected chi connectivity index (χ4v) is 11.7. The van der Waals surface area contributed by atoms with E-state index in [1.165, 1.54) is 33.4 Å². The van der Waals surface area contributed by atoms with E-state index in [1.807, 2.05) is 40.8 Å². The lowest BCUT2D eigenvalue weighted by atomic mass is 9.70. The highest BCUT2D eigenvalue weighted by atomic mass is 16.1. The number of ketones is 1. The van der Waals surface area contributed by atoms with Gasteiger partial charge >= 0.3 is 0 Å². The Bertz CT molecular complexity index is 3550. The summed E-state index contributed by atoms with van der Waals surface area (Å²) in [7, 11) is 0. The number of fused-ring (bicyclic) bond motifs is 22. The molecule has 252 valence electrons. The minimum atomic E-state index is -0.649. The van der Waals surface area contributed by atoms with E-state index in [2.05, 4.69) is 121 Å². The first kappa shape index (κ1) is 28.4. The van der Waals surface area contributed by atoms with Crippen LogP contribution in [0.2, 0.25) is 0 Å². The SMILES string of the molecule is O=C1c2ccccc2-c2cccc3c2C1c1c-3ccc2c1-c1ccccc1C21c2ccccc2-c2c1ccc1c3cccc4c5ccccc5c(=O)n(c21)c43. The minimum absolute atomic E-state index is 0.0100. The van der Waals surface area contributed by atoms with Gasteiger partial charge in [0.15, 0.2) is 5.78 Å². The fraction of sp³-hybridized carbons (Fsp3) is 0.0385. The van der Waals surface area contributed by atoms with Gasteiger partial charge < -0.3 is 0 Å². The second-order valence-corrected chi connectivity index (χ2v) is 15.7. The maximum absolute atomic E-state index is 14.8. The molecule has 4 aliphatic carbocycles. The summed E-state index contributed by atoms with van der Waals surface area (Å²) in [5.74, 6) is -0.215. The molecule has 0 bridgehead atoms. The Labute approximate surface area is 314 Å². The van der Waals surface area contributed by atoms with Crippen molar-refractivity contribution < 1.29 is 4.79 Å². The number of hydrogen-bond acceptors (Lipinski definition) is 2. The molecule has 3 nitrogen and oxygen atoms in total. The van der Waals surface area contributed by atoms with E-state index in [0.29, 0.717) is 0 Å². The minimum Gasteiger partial charge on any atom is -0.293 e. The fourth-order valence-electron chi connectivity index (χ4n) is 11.7. The molecule has 0 amide bonds. The summed E-state index contributed by atoms with van der Waals surface area (Å²) >= 11 is 0. The van der Waals surface area contributed by atoms with Crippen molar-refractivity contribution in [3.05, 3.63) is 207 Å². The summed E-state index contributed by atoms with van der Waals surface area (Å²) in [5, 5.41) is 4.97. The van der Waals surface area contributed by atoms with Gasteiger partial charge in [-0.15, -0.1) is 0 Å². The lowest BCUT2D eigenvalue weighted by Gasteiger charge is -2.31. The summed E-state index contributed by atoms with van der Waals surface area (Å²) < 4.78 is 2.01. The number of pyridine rings is 1. The zero-order valence-corrected chi connectivity index (χ0v) is 29.4. The van der Waals surface area contributed by atoms with Crippen LogP contribution in [0.25, 0.3) is 82.5 Å². The standard InChI is InChI=1S/C52H27NO2/c54-50-35-13-3-1-11-27(35)29-17-9-18-30-31-23-25-41-44(46(31)47(50)43(29)30)37-15-5-7-21-39(37)52(41)40-22-8-6-16-38(40)45-42(52)26-24-34-33-20-10-19-32-28-12-2-4-14-36(28)51(55)53(48(32)33)49(34)45/h1-26,47H. The lowest BCUT2D eigenvalue weighted by Crippen LogP contribution is -2.26. The van der Waals surface area contributed by atoms with Crippen molar-refractivity contribution in [3.8, 4) is 44.5 Å². The monoisotopic (exact) mass is 697 g/mol. The molecule has 2 unspecified atom stereocenters. The molecule has 0 fully saturated rings. The van der Waals surface area contributed by atoms with Crippen LogP contribution in [0.3, 0.4) is 0 Å². The quantitative estimate of drug-likeness (QED) is 0.148. The van der Waals surface area contributed by atoms with Gasteiger partial charge in [0.2, 0.25) is 0 Å². The first-order valence-corrected chi connectivity index (χ1v) is 19.1. The number of aromatic nitrogens is 1. The van der Waals surface area contributed by atoms with Crippen LogP contribution >= 0.6 is 0 Å². The number of carbonyl (C=O) groups is 1. The molecule has 10 aromatic rings. The molecule has 0 saturated heterocycles. The van der Waals surface area contributed by atoms with E-state index in [4.69, 9.17) is 0 Å². The molecule has 1 spiro atoms. The Balaban J connectivity index is 1.15. The molecule has 2 heterocycles. The van der Waals surface area contributed by atoms with Crippen molar-refractivity contribution >= 4 is 43.7 Å². The number of hydrogen-bond donors (Lipinski definition) is 0. The van der Waals surface area contributed by atoms with Crippen LogP contribution < -0.4 is 5.56 Å². The van der Waals surface area contributed by atoms with Gasteiger partial charge in [-0.3, -0.25) is 14.0 Å². The molecule has 0 radical (unpaired) electrons. The van der Waals surface area contributed by atoms with Crippen molar-refractivity contribution in [2.24, 2.45) is 0 Å². The third kappa shape index (κ3) is 2.95. The molecular formula is C52H27NO2. The van der Waals surface area contributed by atoms with Gasteiger partial charge in [0, 0.05) is 32.7 Å². The zero-order valence-electron chi connectivity index (χ0n) is 29.4. The van der Waals surface area contributed by atoms with E-state index >= 15 is 0 Å². The van der Waals surface area contributed by atoms with Crippen LogP contribution in [-0.2, 0) is 5.41 Å². The Morgan fingerprint density at radius 1 is 0.364 bits per heavy atom. The molecule has 0 N–H and O–H groups in total. The van der Waals surface area contributed by atoms with Crippen LogP contribution in [0, 0.1) is 0 Å². The highest BCUT2D eigenvalue weighted by Gasteiger charge is 2.55. The molecular weight excluding hydrogens is 671 g/mol. The highest BCUT2D eigenvalue weighted by molar-refractivity contribution is 6.24. The number of Topliss-reactive ketones (excluding diaryl/α,β-unsaturated/α-hetero) is 1. The summed E-state index contributed by atoms with van der Waals surface area (Å²) in [6, 6.07) is 56.0. The van der Waals surface area contributed by atoms with E-state index in [1.54, 1.807) is 0 Å². The maximum Gasteiger partial charge on any atom is 0.263 e. The van der Waals surface area contributed by atoms with Crippen LogP contribution in [0.5, 0.6) is 0 Å². The molecule has 0 aliphatic heterocycles. The molecule has 14 rings (SSSR count). The van der Waals surface area contributed by atoms with Gasteiger partial charge in [-0.25, -0.2) is 0 Å². The van der Waals surface area contributed by atoms with Gasteiger partial charge in [-0.1, -0.05) is 152 Å². The number of nitrogens with zero attached hydrogens (tertiary/aromatic N) is 1. The van der Waals surface area contributed by atoms with Crippen LogP contribution in [0.15, 0.2) is 163 Å². The summed E-state index contributed by atoms with van der Waals surface area (Å²) in [4.78, 5) is 29.6. The molecule has 3 heteroatoms. The average molecular weight is 698 g/mol. The molecule has 2 aromatic heterocycles. The molecule has 2 atom stereocenters. The van der Waals surface area contributed by atoms with Gasteiger partial charge in [0.1, 0.15) is 0 Å². The topological polar surface area (TPSA) is 38.5 Å². The third-order valence-corrected chi connectivity index (χ3v) is 13.6. The Morgan fingerprint density at radius 3 is 1.65 bits per heavy atom. The van der Waals surface area contributed by atoms with Crippen LogP contribution in [-0.4, -0.2) is 10.2 Å². The summed E-state index contributed by atoms with van der Waals surface area (Å²) in [6.07, 6.45) is 0. The zero-order chi connectivity index (χ0) is 35.9. The van der Waals surface area contributed by atoms with Gasteiger partial charge in [0.25, 0.3) is 5.56 Å². The normalized spacial score (nSPS) is 17.8. The number of benzene rings is 8. The number of para-hydroxylation sites is 1. The first-order chi connectivity index (χ1) is 27.2. The second-order valence-electron chi connectivity index (χ2n) is 15.7. The second kappa shape index (κ2) is 9.33. The van der Waals surface area contributed by atoms with Crippen molar-refractivity contribution in [1.82, 2.24) is 4.40 Å². The third-order valence-electron chi connectivity index (χ3n) is 13.6. The maximum atomic E-state index is 14.8. The molecule has 0 saturated carbocycles. The lowest BCUT2D eigenvalue weighted by molar-refractivity contribution is 0.0974. The number of rotatable bonds is 0. The van der Waals surface area contributed by atoms with Crippen LogP contribution in [0.4, 0.5) is 0 Å². The summed E-state index contributed by atoms with van der Waals surface area (Å²) in [6.45, 7) is 0. The van der Waals surface area contributed by atoms with Crippen molar-refractivity contribution in [2.75, 3.05) is 0 Å². The van der Waals surface area contributed by atoms with Gasteiger partial charge in [-0.05, 0) is 83.8 Å². The molecule has 4 aliphatic rings. The molecule has 8 aromatic carbocycles. The Kier molecular flexibility index (Phi) is 4.82. The van der Waals surface area contributed by atoms with E-state index in [9.17, 15) is 9.59 Å². The van der Waals surface area contributed by atoms with Crippen molar-refractivity contribution in [3.63, 3.8) is 0 Å². The van der Waals surface area contributed by atoms with Crippen molar-refractivity contribution in [1.29, 1.82) is 0 Å². The van der Waals surface area contributed by atoms with E-state index in [-0.39, 0.29) is 17.3 Å². The highest BCUT2D eigenvalue weighted by Crippen LogP contribution is 2.67. The predicted octanol–water partition coefficient (Wildman–Crippen LogP) is 11.5. The number of carbonyl (C=O) groups excluding carboxylic acids is 1. The average Bonchev–Trinajstić information content (AvgIpc) is 3.95. The van der Waals surface area contributed by atoms with E-state index in [0.717, 1.165) is 88.0 Å². The first-order valence-electron chi connectivity index (χ1n) is 19.1. The Hall–Kier alpha value is -7.10. The van der Waals surface area contributed by atoms with E-state index < -0.39 is 5.41 Å².